The first-order chi connectivity index (χ1) is 11.3. The Kier molecular flexibility index (Phi) is 5.77. The standard InChI is InChI=1S/C17H24FN3O3/c1-12-4-5-13(10-14(12)18)15(22)19-6-7-20-16(23)21-8-9-24-17(2,3)11-21/h4-5,10H,6-9,11H2,1-3H3,(H,19,22)(H,20,23). The van der Waals surface area contributed by atoms with E-state index < -0.39 is 5.82 Å². The maximum atomic E-state index is 13.4. The number of rotatable bonds is 4. The van der Waals surface area contributed by atoms with Gasteiger partial charge in [0.15, 0.2) is 0 Å². The van der Waals surface area contributed by atoms with Crippen LogP contribution in [0.25, 0.3) is 0 Å². The number of aryl methyl sites for hydroxylation is 1. The summed E-state index contributed by atoms with van der Waals surface area (Å²) in [6, 6.07) is 4.16. The molecule has 0 aliphatic carbocycles. The molecule has 1 aromatic rings. The second-order valence-corrected chi connectivity index (χ2v) is 6.48. The molecule has 1 fully saturated rings. The summed E-state index contributed by atoms with van der Waals surface area (Å²) < 4.78 is 19.0. The highest BCUT2D eigenvalue weighted by Crippen LogP contribution is 2.16. The molecule has 0 bridgehead atoms. The summed E-state index contributed by atoms with van der Waals surface area (Å²) in [5.41, 5.74) is 0.408. The van der Waals surface area contributed by atoms with E-state index >= 15 is 0 Å². The molecule has 24 heavy (non-hydrogen) atoms. The maximum Gasteiger partial charge on any atom is 0.317 e. The summed E-state index contributed by atoms with van der Waals surface area (Å²) in [6.07, 6.45) is 0. The first kappa shape index (κ1) is 18.2. The number of nitrogens with one attached hydrogen (secondary N) is 2. The van der Waals surface area contributed by atoms with E-state index in [0.717, 1.165) is 0 Å². The molecular formula is C17H24FN3O3. The Morgan fingerprint density at radius 3 is 2.67 bits per heavy atom. The van der Waals surface area contributed by atoms with Crippen LogP contribution in [0.5, 0.6) is 0 Å². The van der Waals surface area contributed by atoms with E-state index in [9.17, 15) is 14.0 Å². The second-order valence-electron chi connectivity index (χ2n) is 6.48. The number of halogens is 1. The highest BCUT2D eigenvalue weighted by atomic mass is 19.1. The van der Waals surface area contributed by atoms with Crippen LogP contribution in [-0.4, -0.2) is 55.2 Å². The van der Waals surface area contributed by atoms with Crippen molar-refractivity contribution in [3.63, 3.8) is 0 Å². The van der Waals surface area contributed by atoms with Crippen molar-refractivity contribution in [1.29, 1.82) is 0 Å². The highest BCUT2D eigenvalue weighted by Gasteiger charge is 2.29. The number of carbonyl (C=O) groups excluding carboxylic acids is 2. The van der Waals surface area contributed by atoms with E-state index in [-0.39, 0.29) is 29.6 Å². The van der Waals surface area contributed by atoms with Gasteiger partial charge < -0.3 is 20.3 Å². The number of morpholine rings is 1. The summed E-state index contributed by atoms with van der Waals surface area (Å²) in [5.74, 6) is -0.776. The zero-order chi connectivity index (χ0) is 17.7. The molecule has 0 unspecified atom stereocenters. The molecule has 0 aromatic heterocycles. The highest BCUT2D eigenvalue weighted by molar-refractivity contribution is 5.94. The smallest absolute Gasteiger partial charge is 0.317 e. The molecule has 0 radical (unpaired) electrons. The Labute approximate surface area is 141 Å². The topological polar surface area (TPSA) is 70.7 Å². The normalized spacial score (nSPS) is 16.6. The molecule has 1 aromatic carbocycles. The van der Waals surface area contributed by atoms with Gasteiger partial charge in [0.2, 0.25) is 0 Å². The van der Waals surface area contributed by atoms with Crippen LogP contribution in [0.4, 0.5) is 9.18 Å². The first-order valence-electron chi connectivity index (χ1n) is 7.99. The largest absolute Gasteiger partial charge is 0.372 e. The van der Waals surface area contributed by atoms with Gasteiger partial charge >= 0.3 is 6.03 Å². The third kappa shape index (κ3) is 4.92. The molecule has 3 amide bonds. The van der Waals surface area contributed by atoms with Gasteiger partial charge in [-0.1, -0.05) is 6.07 Å². The van der Waals surface area contributed by atoms with Crippen LogP contribution in [-0.2, 0) is 4.74 Å². The van der Waals surface area contributed by atoms with Crippen molar-refractivity contribution in [2.24, 2.45) is 0 Å². The third-order valence-corrected chi connectivity index (χ3v) is 3.83. The molecule has 1 heterocycles. The van der Waals surface area contributed by atoms with Crippen molar-refractivity contribution in [2.45, 2.75) is 26.4 Å². The average molecular weight is 337 g/mol. The van der Waals surface area contributed by atoms with E-state index in [0.29, 0.717) is 31.8 Å². The summed E-state index contributed by atoms with van der Waals surface area (Å²) in [6.45, 7) is 7.67. The third-order valence-electron chi connectivity index (χ3n) is 3.83. The molecule has 0 spiro atoms. The fourth-order valence-electron chi connectivity index (χ4n) is 2.48. The van der Waals surface area contributed by atoms with Gasteiger partial charge in [0.05, 0.1) is 18.8 Å². The van der Waals surface area contributed by atoms with Crippen LogP contribution >= 0.6 is 0 Å². The Morgan fingerprint density at radius 2 is 2.00 bits per heavy atom. The van der Waals surface area contributed by atoms with Crippen molar-refractivity contribution in [3.05, 3.63) is 35.1 Å². The Bertz CT molecular complexity index is 619. The predicted molar refractivity (Wildman–Crippen MR) is 88.5 cm³/mol. The van der Waals surface area contributed by atoms with Crippen LogP contribution in [0.2, 0.25) is 0 Å². The molecule has 7 heteroatoms. The summed E-state index contributed by atoms with van der Waals surface area (Å²) in [7, 11) is 0. The van der Waals surface area contributed by atoms with Gasteiger partial charge in [0.1, 0.15) is 5.82 Å². The zero-order valence-electron chi connectivity index (χ0n) is 14.3. The van der Waals surface area contributed by atoms with Crippen molar-refractivity contribution in [2.75, 3.05) is 32.8 Å². The fourth-order valence-corrected chi connectivity index (χ4v) is 2.48. The van der Waals surface area contributed by atoms with Crippen LogP contribution in [0.1, 0.15) is 29.8 Å². The van der Waals surface area contributed by atoms with Crippen molar-refractivity contribution in [1.82, 2.24) is 15.5 Å². The van der Waals surface area contributed by atoms with Crippen molar-refractivity contribution >= 4 is 11.9 Å². The number of urea groups is 1. The SMILES string of the molecule is Cc1ccc(C(=O)NCCNC(=O)N2CCOC(C)(C)C2)cc1F. The van der Waals surface area contributed by atoms with E-state index in [4.69, 9.17) is 4.74 Å². The maximum absolute atomic E-state index is 13.4. The Morgan fingerprint density at radius 1 is 1.29 bits per heavy atom. The molecular weight excluding hydrogens is 313 g/mol. The van der Waals surface area contributed by atoms with Gasteiger partial charge in [-0.25, -0.2) is 9.18 Å². The number of ether oxygens (including phenoxy) is 1. The predicted octanol–water partition coefficient (Wildman–Crippen LogP) is 1.68. The van der Waals surface area contributed by atoms with Gasteiger partial charge in [-0.05, 0) is 38.5 Å². The number of hydrogen-bond donors (Lipinski definition) is 2. The van der Waals surface area contributed by atoms with E-state index in [1.165, 1.54) is 6.07 Å². The molecule has 6 nitrogen and oxygen atoms in total. The van der Waals surface area contributed by atoms with Gasteiger partial charge in [0.25, 0.3) is 5.91 Å². The van der Waals surface area contributed by atoms with E-state index in [1.807, 2.05) is 13.8 Å². The van der Waals surface area contributed by atoms with Gasteiger partial charge in [-0.15, -0.1) is 0 Å². The molecule has 1 saturated heterocycles. The van der Waals surface area contributed by atoms with Crippen LogP contribution < -0.4 is 10.6 Å². The lowest BCUT2D eigenvalue weighted by atomic mass is 10.1. The minimum Gasteiger partial charge on any atom is -0.372 e. The fraction of sp³-hybridized carbons (Fsp3) is 0.529. The summed E-state index contributed by atoms with van der Waals surface area (Å²) in [4.78, 5) is 25.7. The van der Waals surface area contributed by atoms with Crippen LogP contribution in [0.3, 0.4) is 0 Å². The molecule has 2 rings (SSSR count). The lowest BCUT2D eigenvalue weighted by Gasteiger charge is -2.38. The molecule has 132 valence electrons. The number of nitrogens with zero attached hydrogens (tertiary/aromatic N) is 1. The first-order valence-corrected chi connectivity index (χ1v) is 7.99. The minimum atomic E-state index is -0.411. The molecule has 2 N–H and O–H groups in total. The van der Waals surface area contributed by atoms with E-state index in [2.05, 4.69) is 10.6 Å². The minimum absolute atomic E-state index is 0.179. The lowest BCUT2D eigenvalue weighted by Crippen LogP contribution is -2.54. The lowest BCUT2D eigenvalue weighted by molar-refractivity contribution is -0.0733. The average Bonchev–Trinajstić information content (AvgIpc) is 2.52. The Hall–Kier alpha value is -2.15. The van der Waals surface area contributed by atoms with Crippen molar-refractivity contribution in [3.8, 4) is 0 Å². The van der Waals surface area contributed by atoms with Crippen molar-refractivity contribution < 1.29 is 18.7 Å². The number of hydrogen-bond acceptors (Lipinski definition) is 3. The van der Waals surface area contributed by atoms with Gasteiger partial charge in [-0.3, -0.25) is 4.79 Å². The van der Waals surface area contributed by atoms with E-state index in [1.54, 1.807) is 24.0 Å². The summed E-state index contributed by atoms with van der Waals surface area (Å²) >= 11 is 0. The molecule has 1 aliphatic heterocycles. The molecule has 0 saturated carbocycles. The second kappa shape index (κ2) is 7.61. The van der Waals surface area contributed by atoms with Crippen LogP contribution in [0, 0.1) is 12.7 Å². The zero-order valence-corrected chi connectivity index (χ0v) is 14.3. The Balaban J connectivity index is 1.73. The number of benzene rings is 1. The van der Waals surface area contributed by atoms with Gasteiger partial charge in [0, 0.05) is 25.2 Å². The molecule has 1 aliphatic rings. The van der Waals surface area contributed by atoms with Gasteiger partial charge in [-0.2, -0.15) is 0 Å². The quantitative estimate of drug-likeness (QED) is 0.822. The molecule has 0 atom stereocenters. The number of amides is 3. The number of carbonyl (C=O) groups is 2. The monoisotopic (exact) mass is 337 g/mol. The van der Waals surface area contributed by atoms with Crippen LogP contribution in [0.15, 0.2) is 18.2 Å². The summed E-state index contributed by atoms with van der Waals surface area (Å²) in [5, 5.41) is 5.42.